The number of carbonyl (C=O) groups is 4. The number of amides is 3. The standard InChI is InChI=1S/C30H37N5O6S/c1-42-14-12-24(33-27(37)22(31)16-19-17-32-23-6-3-2-5-21(19)23)29(39)35-13-4-7-26(35)28(38)34-25(30(40)41)15-18-8-10-20(36)11-9-18/h2-3,5-6,8-11,17,22,24-26,32,36H,4,7,12-16,31H2,1H3,(H,33,37)(H,34,38)(H,40,41). The minimum Gasteiger partial charge on any atom is -0.508 e. The van der Waals surface area contributed by atoms with Gasteiger partial charge in [-0.25, -0.2) is 4.79 Å². The highest BCUT2D eigenvalue weighted by molar-refractivity contribution is 7.98. The van der Waals surface area contributed by atoms with Crippen LogP contribution >= 0.6 is 11.8 Å². The number of rotatable bonds is 13. The van der Waals surface area contributed by atoms with E-state index in [1.165, 1.54) is 28.8 Å². The van der Waals surface area contributed by atoms with E-state index in [1.54, 1.807) is 12.1 Å². The van der Waals surface area contributed by atoms with Gasteiger partial charge in [-0.2, -0.15) is 11.8 Å². The van der Waals surface area contributed by atoms with E-state index in [0.29, 0.717) is 37.1 Å². The summed E-state index contributed by atoms with van der Waals surface area (Å²) >= 11 is 1.53. The summed E-state index contributed by atoms with van der Waals surface area (Å²) < 4.78 is 0. The second kappa shape index (κ2) is 14.2. The zero-order valence-electron chi connectivity index (χ0n) is 23.4. The van der Waals surface area contributed by atoms with Crippen molar-refractivity contribution in [3.8, 4) is 5.75 Å². The van der Waals surface area contributed by atoms with Crippen LogP contribution in [0.4, 0.5) is 0 Å². The number of para-hydroxylation sites is 1. The number of H-pyrrole nitrogens is 1. The van der Waals surface area contributed by atoms with E-state index in [-0.39, 0.29) is 24.5 Å². The van der Waals surface area contributed by atoms with Crippen molar-refractivity contribution >= 4 is 46.4 Å². The number of hydrogen-bond acceptors (Lipinski definition) is 7. The first kappa shape index (κ1) is 30.9. The lowest BCUT2D eigenvalue weighted by Crippen LogP contribution is -2.57. The highest BCUT2D eigenvalue weighted by Gasteiger charge is 2.39. The van der Waals surface area contributed by atoms with Crippen LogP contribution < -0.4 is 16.4 Å². The Balaban J connectivity index is 1.41. The number of carboxylic acid groups (broad SMARTS) is 1. The van der Waals surface area contributed by atoms with Crippen LogP contribution in [-0.4, -0.2) is 86.5 Å². The molecule has 4 unspecified atom stereocenters. The number of phenols is 1. The Kier molecular flexibility index (Phi) is 10.5. The second-order valence-corrected chi connectivity index (χ2v) is 11.5. The van der Waals surface area contributed by atoms with Crippen LogP contribution in [0, 0.1) is 0 Å². The van der Waals surface area contributed by atoms with Crippen molar-refractivity contribution in [2.24, 2.45) is 5.73 Å². The fourth-order valence-corrected chi connectivity index (χ4v) is 5.71. The molecule has 3 amide bonds. The van der Waals surface area contributed by atoms with Crippen LogP contribution in [0.25, 0.3) is 10.9 Å². The average molecular weight is 596 g/mol. The number of nitrogens with two attached hydrogens (primary N) is 1. The van der Waals surface area contributed by atoms with Gasteiger partial charge in [0.05, 0.1) is 6.04 Å². The minimum atomic E-state index is -1.21. The monoisotopic (exact) mass is 595 g/mol. The maximum Gasteiger partial charge on any atom is 0.326 e. The van der Waals surface area contributed by atoms with Crippen molar-refractivity contribution in [2.45, 2.75) is 56.3 Å². The molecule has 4 rings (SSSR count). The number of aliphatic carboxylic acids is 1. The largest absolute Gasteiger partial charge is 0.508 e. The maximum absolute atomic E-state index is 13.7. The number of nitrogens with zero attached hydrogens (tertiary/aromatic N) is 1. The molecule has 4 atom stereocenters. The molecule has 0 radical (unpaired) electrons. The molecule has 224 valence electrons. The number of fused-ring (bicyclic) bond motifs is 1. The van der Waals surface area contributed by atoms with E-state index >= 15 is 0 Å². The molecule has 1 aliphatic rings. The van der Waals surface area contributed by atoms with Gasteiger partial charge < -0.3 is 36.5 Å². The molecule has 12 heteroatoms. The number of benzene rings is 2. The molecule has 11 nitrogen and oxygen atoms in total. The number of carbonyl (C=O) groups excluding carboxylic acids is 3. The molecule has 0 spiro atoms. The summed E-state index contributed by atoms with van der Waals surface area (Å²) in [6.07, 6.45) is 5.34. The summed E-state index contributed by atoms with van der Waals surface area (Å²) in [7, 11) is 0. The van der Waals surface area contributed by atoms with E-state index in [2.05, 4.69) is 15.6 Å². The first-order chi connectivity index (χ1) is 20.2. The van der Waals surface area contributed by atoms with Gasteiger partial charge in [0.2, 0.25) is 17.7 Å². The quantitative estimate of drug-likeness (QED) is 0.173. The third-order valence-corrected chi connectivity index (χ3v) is 8.15. The Morgan fingerprint density at radius 1 is 1.07 bits per heavy atom. The SMILES string of the molecule is CSCCC(NC(=O)C(N)Cc1c[nH]c2ccccc12)C(=O)N1CCCC1C(=O)NC(Cc1ccc(O)cc1)C(=O)O. The number of likely N-dealkylation sites (tertiary alicyclic amines) is 1. The van der Waals surface area contributed by atoms with Crippen LogP contribution in [-0.2, 0) is 32.0 Å². The summed E-state index contributed by atoms with van der Waals surface area (Å²) in [5.74, 6) is -1.96. The molecule has 42 heavy (non-hydrogen) atoms. The van der Waals surface area contributed by atoms with Crippen LogP contribution in [0.2, 0.25) is 0 Å². The minimum absolute atomic E-state index is 0.0166. The Morgan fingerprint density at radius 2 is 1.81 bits per heavy atom. The molecule has 1 fully saturated rings. The number of aromatic hydroxyl groups is 1. The molecular weight excluding hydrogens is 558 g/mol. The fourth-order valence-electron chi connectivity index (χ4n) is 5.24. The molecule has 1 saturated heterocycles. The van der Waals surface area contributed by atoms with Gasteiger partial charge in [-0.05, 0) is 67.0 Å². The number of hydrogen-bond donors (Lipinski definition) is 6. The van der Waals surface area contributed by atoms with Crippen molar-refractivity contribution < 1.29 is 29.4 Å². The van der Waals surface area contributed by atoms with Crippen molar-refractivity contribution in [2.75, 3.05) is 18.6 Å². The molecule has 0 bridgehead atoms. The van der Waals surface area contributed by atoms with Crippen molar-refractivity contribution in [1.82, 2.24) is 20.5 Å². The lowest BCUT2D eigenvalue weighted by Gasteiger charge is -2.30. The van der Waals surface area contributed by atoms with Crippen molar-refractivity contribution in [3.63, 3.8) is 0 Å². The third kappa shape index (κ3) is 7.62. The summed E-state index contributed by atoms with van der Waals surface area (Å²) in [4.78, 5) is 56.6. The molecule has 7 N–H and O–H groups in total. The average Bonchev–Trinajstić information content (AvgIpc) is 3.63. The molecule has 2 heterocycles. The number of aromatic amines is 1. The lowest BCUT2D eigenvalue weighted by atomic mass is 10.0. The zero-order valence-corrected chi connectivity index (χ0v) is 24.2. The number of thioether (sulfide) groups is 1. The first-order valence-electron chi connectivity index (χ1n) is 13.9. The molecule has 1 aromatic heterocycles. The zero-order chi connectivity index (χ0) is 30.2. The second-order valence-electron chi connectivity index (χ2n) is 10.5. The molecule has 3 aromatic rings. The normalized spacial score (nSPS) is 17.0. The van der Waals surface area contributed by atoms with Crippen LogP contribution in [0.1, 0.15) is 30.4 Å². The molecular formula is C30H37N5O6S. The van der Waals surface area contributed by atoms with Crippen molar-refractivity contribution in [1.29, 1.82) is 0 Å². The smallest absolute Gasteiger partial charge is 0.326 e. The van der Waals surface area contributed by atoms with Gasteiger partial charge in [-0.1, -0.05) is 30.3 Å². The van der Waals surface area contributed by atoms with Gasteiger partial charge in [-0.3, -0.25) is 14.4 Å². The number of nitrogens with one attached hydrogen (secondary N) is 3. The van der Waals surface area contributed by atoms with Gasteiger partial charge in [0.25, 0.3) is 0 Å². The van der Waals surface area contributed by atoms with Gasteiger partial charge in [-0.15, -0.1) is 0 Å². The molecule has 0 saturated carbocycles. The van der Waals surface area contributed by atoms with E-state index in [0.717, 1.165) is 16.5 Å². The molecule has 0 aliphatic carbocycles. The van der Waals surface area contributed by atoms with Gasteiger partial charge >= 0.3 is 5.97 Å². The van der Waals surface area contributed by atoms with E-state index in [4.69, 9.17) is 5.73 Å². The van der Waals surface area contributed by atoms with Gasteiger partial charge in [0.1, 0.15) is 23.9 Å². The molecule has 2 aromatic carbocycles. The highest BCUT2D eigenvalue weighted by atomic mass is 32.2. The number of aromatic nitrogens is 1. The Bertz CT molecular complexity index is 1410. The van der Waals surface area contributed by atoms with Crippen LogP contribution in [0.15, 0.2) is 54.7 Å². The van der Waals surface area contributed by atoms with E-state index in [9.17, 15) is 29.4 Å². The van der Waals surface area contributed by atoms with Gasteiger partial charge in [0.15, 0.2) is 0 Å². The predicted octanol–water partition coefficient (Wildman–Crippen LogP) is 1.78. The van der Waals surface area contributed by atoms with E-state index in [1.807, 2.05) is 36.7 Å². The molecule has 1 aliphatic heterocycles. The first-order valence-corrected chi connectivity index (χ1v) is 15.3. The number of phenolic OH excluding ortho intramolecular Hbond substituents is 1. The van der Waals surface area contributed by atoms with E-state index < -0.39 is 42.0 Å². The maximum atomic E-state index is 13.7. The van der Waals surface area contributed by atoms with Crippen molar-refractivity contribution in [3.05, 3.63) is 65.9 Å². The summed E-state index contributed by atoms with van der Waals surface area (Å²) in [5, 5.41) is 25.6. The Morgan fingerprint density at radius 3 is 2.52 bits per heavy atom. The lowest BCUT2D eigenvalue weighted by molar-refractivity contribution is -0.144. The summed E-state index contributed by atoms with van der Waals surface area (Å²) in [6.45, 7) is 0.319. The third-order valence-electron chi connectivity index (χ3n) is 7.51. The van der Waals surface area contributed by atoms with Crippen LogP contribution in [0.5, 0.6) is 5.75 Å². The summed E-state index contributed by atoms with van der Waals surface area (Å²) in [5.41, 5.74) is 8.74. The predicted molar refractivity (Wildman–Crippen MR) is 161 cm³/mol. The van der Waals surface area contributed by atoms with Crippen LogP contribution in [0.3, 0.4) is 0 Å². The summed E-state index contributed by atoms with van der Waals surface area (Å²) in [6, 6.07) is 9.97. The fraction of sp³-hybridized carbons (Fsp3) is 0.400. The Labute approximate surface area is 248 Å². The van der Waals surface area contributed by atoms with Gasteiger partial charge in [0, 0.05) is 30.1 Å². The number of carboxylic acids is 1. The highest BCUT2D eigenvalue weighted by Crippen LogP contribution is 2.22. The topological polar surface area (TPSA) is 178 Å². The Hall–Kier alpha value is -4.03.